The molecule has 0 aliphatic carbocycles. The third-order valence-corrected chi connectivity index (χ3v) is 3.28. The van der Waals surface area contributed by atoms with Crippen LogP contribution in [0.3, 0.4) is 0 Å². The number of halogens is 5. The van der Waals surface area contributed by atoms with Crippen LogP contribution < -0.4 is 10.1 Å². The van der Waals surface area contributed by atoms with E-state index >= 15 is 0 Å². The molecule has 0 fully saturated rings. The van der Waals surface area contributed by atoms with Crippen LogP contribution in [0.1, 0.15) is 10.4 Å². The van der Waals surface area contributed by atoms with E-state index in [9.17, 15) is 32.5 Å². The molecule has 11 heteroatoms. The third kappa shape index (κ3) is 4.60. The fourth-order valence-corrected chi connectivity index (χ4v) is 1.99. The van der Waals surface area contributed by atoms with Gasteiger partial charge in [-0.25, -0.2) is 0 Å². The predicted molar refractivity (Wildman–Crippen MR) is 84.6 cm³/mol. The Kier molecular flexibility index (Phi) is 5.66. The Morgan fingerprint density at radius 1 is 1.19 bits per heavy atom. The molecule has 0 aromatic heterocycles. The number of nitro groups is 1. The van der Waals surface area contributed by atoms with Crippen molar-refractivity contribution in [3.63, 3.8) is 0 Å². The lowest BCUT2D eigenvalue weighted by atomic mass is 10.1. The average molecular weight is 393 g/mol. The van der Waals surface area contributed by atoms with Crippen molar-refractivity contribution in [2.45, 2.75) is 12.5 Å². The maximum atomic E-state index is 12.8. The van der Waals surface area contributed by atoms with Crippen LogP contribution >= 0.6 is 11.6 Å². The van der Waals surface area contributed by atoms with Crippen molar-refractivity contribution in [2.75, 3.05) is 5.32 Å². The Morgan fingerprint density at radius 2 is 1.81 bits per heavy atom. The molecule has 0 unspecified atom stereocenters. The fourth-order valence-electron chi connectivity index (χ4n) is 1.87. The fraction of sp³-hybridized carbons (Fsp3) is 0.133. The number of nitrogens with one attached hydrogen (secondary N) is 1. The van der Waals surface area contributed by atoms with E-state index in [4.69, 9.17) is 11.6 Å². The molecule has 2 aromatic rings. The van der Waals surface area contributed by atoms with Gasteiger partial charge in [0.05, 0.1) is 4.92 Å². The highest BCUT2D eigenvalue weighted by Gasteiger charge is 2.43. The number of alkyl halides is 4. The molecule has 6 nitrogen and oxygen atoms in total. The molecule has 0 spiro atoms. The van der Waals surface area contributed by atoms with Crippen LogP contribution in [0.2, 0.25) is 0 Å². The molecule has 1 N–H and O–H groups in total. The van der Waals surface area contributed by atoms with E-state index in [1.807, 2.05) is 0 Å². The summed E-state index contributed by atoms with van der Waals surface area (Å²) in [6.07, 6.45) is -8.64. The Hall–Kier alpha value is -2.88. The van der Waals surface area contributed by atoms with E-state index < -0.39 is 34.1 Å². The van der Waals surface area contributed by atoms with Crippen LogP contribution in [-0.2, 0) is 0 Å². The molecule has 0 heterocycles. The normalized spacial score (nSPS) is 11.3. The lowest BCUT2D eigenvalue weighted by Crippen LogP contribution is -2.33. The first-order valence-corrected chi connectivity index (χ1v) is 7.18. The van der Waals surface area contributed by atoms with Crippen molar-refractivity contribution in [2.24, 2.45) is 0 Å². The number of carbonyl (C=O) groups excluding carboxylic acids is 1. The lowest BCUT2D eigenvalue weighted by Gasteiger charge is -2.17. The smallest absolute Gasteiger partial charge is 0.428 e. The molecular formula is C15H9ClF4N2O4. The van der Waals surface area contributed by atoms with Crippen LogP contribution in [0.25, 0.3) is 0 Å². The van der Waals surface area contributed by atoms with Gasteiger partial charge in [-0.2, -0.15) is 17.6 Å². The second kappa shape index (κ2) is 7.56. The number of benzene rings is 2. The molecule has 0 atom stereocenters. The zero-order valence-corrected chi connectivity index (χ0v) is 13.3. The van der Waals surface area contributed by atoms with Crippen molar-refractivity contribution in [3.8, 4) is 5.75 Å². The Bertz CT molecular complexity index is 831. The summed E-state index contributed by atoms with van der Waals surface area (Å²) in [5.74, 6) is -0.515. The van der Waals surface area contributed by atoms with Gasteiger partial charge in [-0.3, -0.25) is 14.9 Å². The lowest BCUT2D eigenvalue weighted by molar-refractivity contribution is -0.383. The van der Waals surface area contributed by atoms with Crippen LogP contribution in [-0.4, -0.2) is 22.7 Å². The number of hydrogen-bond acceptors (Lipinski definition) is 5. The first kappa shape index (κ1) is 19.4. The van der Waals surface area contributed by atoms with Gasteiger partial charge in [-0.05, 0) is 48.0 Å². The van der Waals surface area contributed by atoms with Gasteiger partial charge in [-0.15, -0.1) is 0 Å². The van der Waals surface area contributed by atoms with Crippen LogP contribution in [0.5, 0.6) is 5.75 Å². The summed E-state index contributed by atoms with van der Waals surface area (Å²) < 4.78 is 53.7. The van der Waals surface area contributed by atoms with Gasteiger partial charge in [0.1, 0.15) is 11.4 Å². The zero-order chi connectivity index (χ0) is 19.5. The summed E-state index contributed by atoms with van der Waals surface area (Å²) in [5.41, 5.74) is -0.294. The largest absolute Gasteiger partial charge is 0.461 e. The number of anilines is 2. The molecule has 0 amide bonds. The Balaban J connectivity index is 2.21. The second-order valence-electron chi connectivity index (χ2n) is 4.88. The third-order valence-electron chi connectivity index (χ3n) is 3.06. The quantitative estimate of drug-likeness (QED) is 0.312. The minimum Gasteiger partial charge on any atom is -0.428 e. The van der Waals surface area contributed by atoms with Gasteiger partial charge in [-0.1, -0.05) is 0 Å². The maximum Gasteiger partial charge on any atom is 0.461 e. The van der Waals surface area contributed by atoms with Crippen LogP contribution in [0.15, 0.2) is 42.5 Å². The predicted octanol–water partition coefficient (Wildman–Crippen LogP) is 4.95. The average Bonchev–Trinajstić information content (AvgIpc) is 2.56. The minimum atomic E-state index is -4.64. The SMILES string of the molecule is O=C(Cl)c1ccc(Nc2ccc(OC(F)(F)C(F)F)cc2)c([N+](=O)[O-])c1. The topological polar surface area (TPSA) is 81.5 Å². The molecular weight excluding hydrogens is 384 g/mol. The molecule has 0 saturated carbocycles. The minimum absolute atomic E-state index is 0.00300. The highest BCUT2D eigenvalue weighted by Crippen LogP contribution is 2.31. The molecule has 0 radical (unpaired) electrons. The number of nitrogens with zero attached hydrogens (tertiary/aromatic N) is 1. The van der Waals surface area contributed by atoms with Crippen LogP contribution in [0.4, 0.5) is 34.6 Å². The molecule has 138 valence electrons. The van der Waals surface area contributed by atoms with E-state index in [-0.39, 0.29) is 16.9 Å². The second-order valence-corrected chi connectivity index (χ2v) is 5.22. The van der Waals surface area contributed by atoms with E-state index in [0.717, 1.165) is 18.2 Å². The summed E-state index contributed by atoms with van der Waals surface area (Å²) in [6, 6.07) is 7.83. The summed E-state index contributed by atoms with van der Waals surface area (Å²) in [5, 5.41) is 12.9. The highest BCUT2D eigenvalue weighted by molar-refractivity contribution is 6.67. The Morgan fingerprint density at radius 3 is 2.31 bits per heavy atom. The standard InChI is InChI=1S/C15H9ClF4N2O4/c16-13(23)8-1-6-11(12(7-8)22(24)25)21-9-2-4-10(5-3-9)26-15(19,20)14(17)18/h1-7,14,21H. The number of nitro benzene ring substituents is 1. The highest BCUT2D eigenvalue weighted by atomic mass is 35.5. The van der Waals surface area contributed by atoms with E-state index in [0.29, 0.717) is 0 Å². The van der Waals surface area contributed by atoms with E-state index in [1.165, 1.54) is 24.3 Å². The van der Waals surface area contributed by atoms with Gasteiger partial charge >= 0.3 is 12.5 Å². The van der Waals surface area contributed by atoms with E-state index in [2.05, 4.69) is 10.1 Å². The molecule has 0 aliphatic heterocycles. The monoisotopic (exact) mass is 392 g/mol. The molecule has 0 aliphatic rings. The Labute approximate surface area is 148 Å². The first-order chi connectivity index (χ1) is 12.1. The van der Waals surface area contributed by atoms with Crippen molar-refractivity contribution in [1.82, 2.24) is 0 Å². The summed E-state index contributed by atoms with van der Waals surface area (Å²) in [7, 11) is 0. The molecule has 2 aromatic carbocycles. The first-order valence-electron chi connectivity index (χ1n) is 6.80. The van der Waals surface area contributed by atoms with Crippen molar-refractivity contribution in [1.29, 1.82) is 0 Å². The number of rotatable bonds is 7. The summed E-state index contributed by atoms with van der Waals surface area (Å²) in [6.45, 7) is 0. The van der Waals surface area contributed by atoms with Gasteiger partial charge in [0.2, 0.25) is 0 Å². The molecule has 0 saturated heterocycles. The molecule has 26 heavy (non-hydrogen) atoms. The number of carbonyl (C=O) groups is 1. The molecule has 2 rings (SSSR count). The number of ether oxygens (including phenoxy) is 1. The zero-order valence-electron chi connectivity index (χ0n) is 12.6. The van der Waals surface area contributed by atoms with Crippen molar-refractivity contribution < 1.29 is 32.0 Å². The van der Waals surface area contributed by atoms with Gasteiger partial charge < -0.3 is 10.1 Å². The van der Waals surface area contributed by atoms with Crippen molar-refractivity contribution in [3.05, 3.63) is 58.1 Å². The molecule has 0 bridgehead atoms. The van der Waals surface area contributed by atoms with Crippen molar-refractivity contribution >= 4 is 33.9 Å². The van der Waals surface area contributed by atoms with Gasteiger partial charge in [0.15, 0.2) is 0 Å². The van der Waals surface area contributed by atoms with E-state index in [1.54, 1.807) is 0 Å². The van der Waals surface area contributed by atoms with Crippen LogP contribution in [0, 0.1) is 10.1 Å². The maximum absolute atomic E-state index is 12.8. The summed E-state index contributed by atoms with van der Waals surface area (Å²) >= 11 is 5.27. The van der Waals surface area contributed by atoms with Gasteiger partial charge in [0, 0.05) is 17.3 Å². The summed E-state index contributed by atoms with van der Waals surface area (Å²) in [4.78, 5) is 21.4. The van der Waals surface area contributed by atoms with Gasteiger partial charge in [0.25, 0.3) is 10.9 Å². The number of hydrogen-bond donors (Lipinski definition) is 1.